The van der Waals surface area contributed by atoms with E-state index in [4.69, 9.17) is 16.3 Å². The first-order chi connectivity index (χ1) is 15.8. The second-order valence-corrected chi connectivity index (χ2v) is 8.98. The van der Waals surface area contributed by atoms with Crippen LogP contribution in [0.25, 0.3) is 21.7 Å². The molecule has 1 N–H and O–H groups in total. The number of benzene rings is 1. The number of thiazole rings is 1. The normalized spacial score (nSPS) is 11.3. The van der Waals surface area contributed by atoms with E-state index >= 15 is 0 Å². The molecule has 0 saturated heterocycles. The molecule has 4 rings (SSSR count). The van der Waals surface area contributed by atoms with Gasteiger partial charge in [0.2, 0.25) is 0 Å². The molecular formula is C22H22ClN5O4S. The van der Waals surface area contributed by atoms with E-state index in [1.165, 1.54) is 15.9 Å². The topological polar surface area (TPSA) is 112 Å². The predicted molar refractivity (Wildman–Crippen MR) is 127 cm³/mol. The second-order valence-electron chi connectivity index (χ2n) is 7.54. The number of nitrogens with zero attached hydrogens (tertiary/aromatic N) is 4. The average Bonchev–Trinajstić information content (AvgIpc) is 3.32. The van der Waals surface area contributed by atoms with Crippen molar-refractivity contribution in [2.24, 2.45) is 7.05 Å². The highest BCUT2D eigenvalue weighted by atomic mass is 35.5. The SMILES string of the molecule is CCCCn1c(=O)[nH]c(=O)c2c1nc(COC(=O)c1sc(-c3cccc(Cl)c3)nc1C)n2C. The molecule has 0 atom stereocenters. The maximum atomic E-state index is 12.8. The number of esters is 1. The summed E-state index contributed by atoms with van der Waals surface area (Å²) in [6.07, 6.45) is 1.65. The van der Waals surface area contributed by atoms with Crippen molar-refractivity contribution in [3.05, 3.63) is 66.5 Å². The van der Waals surface area contributed by atoms with E-state index in [2.05, 4.69) is 15.0 Å². The van der Waals surface area contributed by atoms with E-state index in [0.717, 1.165) is 18.4 Å². The molecular weight excluding hydrogens is 466 g/mol. The molecule has 0 aliphatic carbocycles. The number of H-pyrrole nitrogens is 1. The molecule has 0 unspecified atom stereocenters. The largest absolute Gasteiger partial charge is 0.453 e. The Kier molecular flexibility index (Phi) is 6.48. The molecule has 0 fully saturated rings. The fourth-order valence-electron chi connectivity index (χ4n) is 3.47. The number of aromatic nitrogens is 5. The number of imidazole rings is 1. The minimum absolute atomic E-state index is 0.157. The lowest BCUT2D eigenvalue weighted by molar-refractivity contribution is 0.0464. The number of aryl methyl sites for hydroxylation is 3. The van der Waals surface area contributed by atoms with Crippen molar-refractivity contribution < 1.29 is 9.53 Å². The van der Waals surface area contributed by atoms with Crippen LogP contribution in [0.2, 0.25) is 5.02 Å². The van der Waals surface area contributed by atoms with Crippen molar-refractivity contribution in [1.29, 1.82) is 0 Å². The van der Waals surface area contributed by atoms with Gasteiger partial charge in [-0.2, -0.15) is 0 Å². The fraction of sp³-hybridized carbons (Fsp3) is 0.318. The summed E-state index contributed by atoms with van der Waals surface area (Å²) in [5.74, 6) is -0.181. The van der Waals surface area contributed by atoms with E-state index in [-0.39, 0.29) is 17.8 Å². The van der Waals surface area contributed by atoms with Crippen LogP contribution in [0.4, 0.5) is 0 Å². The highest BCUT2D eigenvalue weighted by molar-refractivity contribution is 7.17. The number of fused-ring (bicyclic) bond motifs is 1. The Bertz CT molecular complexity index is 1470. The lowest BCUT2D eigenvalue weighted by Gasteiger charge is -2.04. The van der Waals surface area contributed by atoms with Crippen molar-refractivity contribution >= 4 is 40.1 Å². The van der Waals surface area contributed by atoms with Gasteiger partial charge < -0.3 is 9.30 Å². The molecule has 172 valence electrons. The van der Waals surface area contributed by atoms with Crippen LogP contribution in [0.15, 0.2) is 33.9 Å². The van der Waals surface area contributed by atoms with Crippen molar-refractivity contribution in [3.8, 4) is 10.6 Å². The third-order valence-corrected chi connectivity index (χ3v) is 6.65. The molecule has 0 spiro atoms. The van der Waals surface area contributed by atoms with Gasteiger partial charge in [-0.15, -0.1) is 11.3 Å². The zero-order valence-electron chi connectivity index (χ0n) is 18.3. The van der Waals surface area contributed by atoms with Gasteiger partial charge in [0.1, 0.15) is 22.3 Å². The number of ether oxygens (including phenoxy) is 1. The van der Waals surface area contributed by atoms with E-state index in [0.29, 0.717) is 33.0 Å². The monoisotopic (exact) mass is 487 g/mol. The first kappa shape index (κ1) is 22.9. The van der Waals surface area contributed by atoms with E-state index < -0.39 is 17.2 Å². The number of halogens is 1. The first-order valence-corrected chi connectivity index (χ1v) is 11.6. The third-order valence-electron chi connectivity index (χ3n) is 5.23. The summed E-state index contributed by atoms with van der Waals surface area (Å²) in [6, 6.07) is 7.24. The molecule has 0 aliphatic rings. The van der Waals surface area contributed by atoms with Crippen LogP contribution in [0.1, 0.15) is 41.0 Å². The van der Waals surface area contributed by atoms with Crippen molar-refractivity contribution in [1.82, 2.24) is 24.1 Å². The summed E-state index contributed by atoms with van der Waals surface area (Å²) in [5.41, 5.74) is 0.872. The highest BCUT2D eigenvalue weighted by Gasteiger charge is 2.21. The molecule has 11 heteroatoms. The predicted octanol–water partition coefficient (Wildman–Crippen LogP) is 3.67. The molecule has 0 bridgehead atoms. The Hall–Kier alpha value is -3.24. The molecule has 0 aliphatic heterocycles. The van der Waals surface area contributed by atoms with Crippen LogP contribution >= 0.6 is 22.9 Å². The van der Waals surface area contributed by atoms with E-state index in [9.17, 15) is 14.4 Å². The van der Waals surface area contributed by atoms with Crippen LogP contribution in [-0.4, -0.2) is 30.1 Å². The Morgan fingerprint density at radius 1 is 1.27 bits per heavy atom. The van der Waals surface area contributed by atoms with Crippen molar-refractivity contribution in [3.63, 3.8) is 0 Å². The van der Waals surface area contributed by atoms with Crippen LogP contribution in [0.3, 0.4) is 0 Å². The number of hydrogen-bond acceptors (Lipinski definition) is 7. The van der Waals surface area contributed by atoms with Gasteiger partial charge in [0.05, 0.1) is 5.69 Å². The molecule has 3 heterocycles. The van der Waals surface area contributed by atoms with Gasteiger partial charge in [0.15, 0.2) is 11.2 Å². The quantitative estimate of drug-likeness (QED) is 0.398. The van der Waals surface area contributed by atoms with Gasteiger partial charge in [-0.1, -0.05) is 37.1 Å². The fourth-order valence-corrected chi connectivity index (χ4v) is 4.62. The van der Waals surface area contributed by atoms with Gasteiger partial charge in [-0.3, -0.25) is 14.3 Å². The molecule has 0 amide bonds. The zero-order valence-corrected chi connectivity index (χ0v) is 19.9. The van der Waals surface area contributed by atoms with Crippen LogP contribution < -0.4 is 11.2 Å². The number of carbonyl (C=O) groups excluding carboxylic acids is 1. The summed E-state index contributed by atoms with van der Waals surface area (Å²) in [7, 11) is 1.65. The van der Waals surface area contributed by atoms with Crippen LogP contribution in [0, 0.1) is 6.92 Å². The van der Waals surface area contributed by atoms with Crippen LogP contribution in [0.5, 0.6) is 0 Å². The van der Waals surface area contributed by atoms with Gasteiger partial charge in [-0.25, -0.2) is 19.6 Å². The third kappa shape index (κ3) is 4.49. The lowest BCUT2D eigenvalue weighted by Crippen LogP contribution is -2.31. The number of aromatic amines is 1. The number of carbonyl (C=O) groups is 1. The summed E-state index contributed by atoms with van der Waals surface area (Å²) < 4.78 is 8.47. The number of rotatable bonds is 7. The molecule has 3 aromatic heterocycles. The minimum atomic E-state index is -0.539. The minimum Gasteiger partial charge on any atom is -0.453 e. The molecule has 4 aromatic rings. The summed E-state index contributed by atoms with van der Waals surface area (Å²) >= 11 is 7.28. The van der Waals surface area contributed by atoms with E-state index in [1.807, 2.05) is 19.1 Å². The van der Waals surface area contributed by atoms with Gasteiger partial charge in [0, 0.05) is 24.2 Å². The smallest absolute Gasteiger partial charge is 0.350 e. The molecule has 9 nitrogen and oxygen atoms in total. The average molecular weight is 488 g/mol. The standard InChI is InChI=1S/C22H22ClN5O4S/c1-4-5-9-28-18-16(19(29)26-22(28)31)27(3)15(25-18)11-32-21(30)17-12(2)24-20(33-17)13-7-6-8-14(23)10-13/h6-8,10H,4-5,9,11H2,1-3H3,(H,26,29,31). The number of unbranched alkanes of at least 4 members (excludes halogenated alkanes) is 1. The first-order valence-electron chi connectivity index (χ1n) is 10.4. The Morgan fingerprint density at radius 3 is 2.79 bits per heavy atom. The molecule has 0 saturated carbocycles. The second kappa shape index (κ2) is 9.32. The molecule has 33 heavy (non-hydrogen) atoms. The summed E-state index contributed by atoms with van der Waals surface area (Å²) in [5, 5.41) is 1.25. The summed E-state index contributed by atoms with van der Waals surface area (Å²) in [4.78, 5) is 49.0. The maximum Gasteiger partial charge on any atom is 0.350 e. The summed E-state index contributed by atoms with van der Waals surface area (Å²) in [6.45, 7) is 4.03. The Labute approximate surface area is 197 Å². The zero-order chi connectivity index (χ0) is 23.7. The number of nitrogens with one attached hydrogen (secondary N) is 1. The van der Waals surface area contributed by atoms with Gasteiger partial charge in [-0.05, 0) is 25.5 Å². The van der Waals surface area contributed by atoms with Crippen molar-refractivity contribution in [2.45, 2.75) is 39.8 Å². The van der Waals surface area contributed by atoms with E-state index in [1.54, 1.807) is 30.7 Å². The molecule has 1 aromatic carbocycles. The lowest BCUT2D eigenvalue weighted by atomic mass is 10.2. The Balaban J connectivity index is 1.60. The Morgan fingerprint density at radius 2 is 2.06 bits per heavy atom. The maximum absolute atomic E-state index is 12.8. The molecule has 0 radical (unpaired) electrons. The van der Waals surface area contributed by atoms with Gasteiger partial charge in [0.25, 0.3) is 5.56 Å². The van der Waals surface area contributed by atoms with Gasteiger partial charge >= 0.3 is 11.7 Å². The highest BCUT2D eigenvalue weighted by Crippen LogP contribution is 2.30. The number of hydrogen-bond donors (Lipinski definition) is 1. The van der Waals surface area contributed by atoms with Crippen molar-refractivity contribution in [2.75, 3.05) is 0 Å². The van der Waals surface area contributed by atoms with Crippen LogP contribution in [-0.2, 0) is 24.9 Å².